The van der Waals surface area contributed by atoms with E-state index in [1.807, 2.05) is 49.1 Å². The molecule has 4 rings (SSSR count). The molecule has 3 amide bonds. The first kappa shape index (κ1) is 26.0. The summed E-state index contributed by atoms with van der Waals surface area (Å²) in [6, 6.07) is 14.3. The number of amides is 3. The minimum absolute atomic E-state index is 0.0155. The van der Waals surface area contributed by atoms with Crippen LogP contribution in [0.5, 0.6) is 5.75 Å². The van der Waals surface area contributed by atoms with Gasteiger partial charge in [0.1, 0.15) is 5.75 Å². The summed E-state index contributed by atoms with van der Waals surface area (Å²) in [5.74, 6) is 0.821. The van der Waals surface area contributed by atoms with Gasteiger partial charge in [-0.2, -0.15) is 0 Å². The van der Waals surface area contributed by atoms with Crippen LogP contribution >= 0.6 is 0 Å². The number of carbonyl (C=O) groups is 2. The second kappa shape index (κ2) is 12.2. The largest absolute Gasteiger partial charge is 0.497 e. The molecule has 0 bridgehead atoms. The van der Waals surface area contributed by atoms with Gasteiger partial charge in [-0.1, -0.05) is 30.3 Å². The molecule has 8 heteroatoms. The maximum Gasteiger partial charge on any atom is 0.317 e. The predicted molar refractivity (Wildman–Crippen MR) is 142 cm³/mol. The van der Waals surface area contributed by atoms with Crippen molar-refractivity contribution in [3.05, 3.63) is 59.2 Å². The van der Waals surface area contributed by atoms with Gasteiger partial charge in [0, 0.05) is 38.4 Å². The Balaban J connectivity index is 1.26. The lowest BCUT2D eigenvalue weighted by atomic mass is 10.1. The van der Waals surface area contributed by atoms with Crippen LogP contribution < -0.4 is 15.4 Å². The lowest BCUT2D eigenvalue weighted by Gasteiger charge is -2.35. The van der Waals surface area contributed by atoms with Gasteiger partial charge >= 0.3 is 6.03 Å². The highest BCUT2D eigenvalue weighted by Crippen LogP contribution is 2.26. The number of anilines is 1. The number of para-hydroxylation sites is 1. The lowest BCUT2D eigenvalue weighted by Crippen LogP contribution is -2.53. The average Bonchev–Trinajstić information content (AvgIpc) is 3.42. The Kier molecular flexibility index (Phi) is 8.83. The molecular weight excluding hydrogens is 454 g/mol. The number of piperazine rings is 1. The molecule has 2 N–H and O–H groups in total. The molecule has 1 unspecified atom stereocenters. The van der Waals surface area contributed by atoms with E-state index < -0.39 is 0 Å². The van der Waals surface area contributed by atoms with E-state index in [1.165, 1.54) is 18.4 Å². The maximum atomic E-state index is 13.0. The molecule has 2 fully saturated rings. The zero-order valence-electron chi connectivity index (χ0n) is 21.8. The zero-order chi connectivity index (χ0) is 25.5. The van der Waals surface area contributed by atoms with Crippen molar-refractivity contribution in [2.24, 2.45) is 0 Å². The molecule has 0 aliphatic carbocycles. The van der Waals surface area contributed by atoms with Crippen LogP contribution in [0.3, 0.4) is 0 Å². The van der Waals surface area contributed by atoms with Gasteiger partial charge in [0.05, 0.1) is 19.7 Å². The molecule has 2 aliphatic heterocycles. The first-order valence-corrected chi connectivity index (χ1v) is 12.9. The van der Waals surface area contributed by atoms with Crippen molar-refractivity contribution in [2.75, 3.05) is 64.8 Å². The Hall–Kier alpha value is -3.10. The summed E-state index contributed by atoms with van der Waals surface area (Å²) in [4.78, 5) is 32.0. The number of urea groups is 1. The summed E-state index contributed by atoms with van der Waals surface area (Å²) in [5.41, 5.74) is 4.21. The van der Waals surface area contributed by atoms with Crippen molar-refractivity contribution in [1.82, 2.24) is 20.0 Å². The van der Waals surface area contributed by atoms with Crippen molar-refractivity contribution in [2.45, 2.75) is 32.7 Å². The van der Waals surface area contributed by atoms with Gasteiger partial charge in [0.25, 0.3) is 0 Å². The van der Waals surface area contributed by atoms with Gasteiger partial charge in [-0.25, -0.2) is 4.79 Å². The maximum absolute atomic E-state index is 13.0. The van der Waals surface area contributed by atoms with Crippen molar-refractivity contribution in [3.8, 4) is 5.75 Å². The molecule has 2 saturated heterocycles. The zero-order valence-corrected chi connectivity index (χ0v) is 21.8. The molecule has 194 valence electrons. The molecule has 2 heterocycles. The number of nitrogens with zero attached hydrogens (tertiary/aromatic N) is 3. The van der Waals surface area contributed by atoms with E-state index in [2.05, 4.69) is 32.6 Å². The highest BCUT2D eigenvalue weighted by molar-refractivity contribution is 5.93. The average molecular weight is 494 g/mol. The first-order valence-electron chi connectivity index (χ1n) is 12.9. The Labute approximate surface area is 214 Å². The number of methoxy groups -OCH3 is 1. The fourth-order valence-electron chi connectivity index (χ4n) is 5.14. The van der Waals surface area contributed by atoms with E-state index in [1.54, 1.807) is 7.11 Å². The van der Waals surface area contributed by atoms with E-state index in [4.69, 9.17) is 4.74 Å². The topological polar surface area (TPSA) is 77.1 Å². The summed E-state index contributed by atoms with van der Waals surface area (Å²) >= 11 is 0. The van der Waals surface area contributed by atoms with E-state index in [0.29, 0.717) is 39.3 Å². The molecule has 2 aliphatic rings. The third kappa shape index (κ3) is 6.56. The molecule has 0 saturated carbocycles. The van der Waals surface area contributed by atoms with E-state index in [-0.39, 0.29) is 18.0 Å². The second-order valence-electron chi connectivity index (χ2n) is 9.80. The minimum atomic E-state index is -0.0349. The lowest BCUT2D eigenvalue weighted by molar-refractivity contribution is -0.117. The number of carbonyl (C=O) groups excluding carboxylic acids is 2. The minimum Gasteiger partial charge on any atom is -0.497 e. The van der Waals surface area contributed by atoms with Gasteiger partial charge < -0.3 is 20.3 Å². The van der Waals surface area contributed by atoms with Crippen LogP contribution in [0.2, 0.25) is 0 Å². The Morgan fingerprint density at radius 1 is 0.917 bits per heavy atom. The van der Waals surface area contributed by atoms with Gasteiger partial charge in [0.15, 0.2) is 0 Å². The third-order valence-electron chi connectivity index (χ3n) is 7.30. The summed E-state index contributed by atoms with van der Waals surface area (Å²) in [7, 11) is 1.67. The van der Waals surface area contributed by atoms with Crippen molar-refractivity contribution in [1.29, 1.82) is 0 Å². The predicted octanol–water partition coefficient (Wildman–Crippen LogP) is 3.41. The molecule has 1 atom stereocenters. The molecule has 0 aromatic heterocycles. The number of likely N-dealkylation sites (tertiary alicyclic amines) is 1. The summed E-state index contributed by atoms with van der Waals surface area (Å²) in [6.07, 6.45) is 2.39. The van der Waals surface area contributed by atoms with Gasteiger partial charge in [-0.05, 0) is 68.6 Å². The standard InChI is InChI=1S/C28H39N5O3/c1-21-7-6-8-22(2)27(21)30-26(34)20-31-15-17-33(18-16-31)28(35)29-19-25(32-13-4-5-14-32)23-9-11-24(36-3)12-10-23/h6-12,25H,4-5,13-20H2,1-3H3,(H,29,35)(H,30,34). The van der Waals surface area contributed by atoms with E-state index >= 15 is 0 Å². The molecule has 2 aromatic rings. The number of rotatable bonds is 8. The SMILES string of the molecule is COc1ccc(C(CNC(=O)N2CCN(CC(=O)Nc3c(C)cccc3C)CC2)N2CCCC2)cc1. The smallest absolute Gasteiger partial charge is 0.317 e. The van der Waals surface area contributed by atoms with Crippen LogP contribution in [0.1, 0.15) is 35.6 Å². The molecule has 0 radical (unpaired) electrons. The summed E-state index contributed by atoms with van der Waals surface area (Å²) < 4.78 is 5.31. The monoisotopic (exact) mass is 493 g/mol. The first-order chi connectivity index (χ1) is 17.4. The van der Waals surface area contributed by atoms with Gasteiger partial charge in [-0.15, -0.1) is 0 Å². The third-order valence-corrected chi connectivity index (χ3v) is 7.30. The summed E-state index contributed by atoms with van der Waals surface area (Å²) in [6.45, 7) is 9.60. The molecule has 36 heavy (non-hydrogen) atoms. The second-order valence-corrected chi connectivity index (χ2v) is 9.80. The van der Waals surface area contributed by atoms with Crippen LogP contribution in [0.25, 0.3) is 0 Å². The quantitative estimate of drug-likeness (QED) is 0.589. The number of hydrogen-bond acceptors (Lipinski definition) is 5. The number of ether oxygens (including phenoxy) is 1. The molecule has 8 nitrogen and oxygen atoms in total. The van der Waals surface area contributed by atoms with Gasteiger partial charge in [0.2, 0.25) is 5.91 Å². The van der Waals surface area contributed by atoms with Crippen LogP contribution in [0.4, 0.5) is 10.5 Å². The number of hydrogen-bond donors (Lipinski definition) is 2. The van der Waals surface area contributed by atoms with Crippen molar-refractivity contribution < 1.29 is 14.3 Å². The summed E-state index contributed by atoms with van der Waals surface area (Å²) in [5, 5.41) is 6.23. The highest BCUT2D eigenvalue weighted by atomic mass is 16.5. The van der Waals surface area contributed by atoms with Crippen LogP contribution in [0, 0.1) is 13.8 Å². The number of aryl methyl sites for hydroxylation is 2. The highest BCUT2D eigenvalue weighted by Gasteiger charge is 2.27. The van der Waals surface area contributed by atoms with Crippen molar-refractivity contribution in [3.63, 3.8) is 0 Å². The molecule has 2 aromatic carbocycles. The van der Waals surface area contributed by atoms with Crippen LogP contribution in [-0.2, 0) is 4.79 Å². The molecular formula is C28H39N5O3. The van der Waals surface area contributed by atoms with Crippen molar-refractivity contribution >= 4 is 17.6 Å². The van der Waals surface area contributed by atoms with Crippen LogP contribution in [-0.4, -0.2) is 86.1 Å². The van der Waals surface area contributed by atoms with E-state index in [0.717, 1.165) is 35.7 Å². The van der Waals surface area contributed by atoms with Gasteiger partial charge in [-0.3, -0.25) is 14.6 Å². The van der Waals surface area contributed by atoms with Crippen LogP contribution in [0.15, 0.2) is 42.5 Å². The fraction of sp³-hybridized carbons (Fsp3) is 0.500. The molecule has 0 spiro atoms. The Morgan fingerprint density at radius 3 is 2.17 bits per heavy atom. The Morgan fingerprint density at radius 2 is 1.56 bits per heavy atom. The number of nitrogens with one attached hydrogen (secondary N) is 2. The van der Waals surface area contributed by atoms with E-state index in [9.17, 15) is 9.59 Å². The fourth-order valence-corrected chi connectivity index (χ4v) is 5.14. The number of benzene rings is 2. The Bertz CT molecular complexity index is 1010. The normalized spacial score (nSPS) is 17.6.